The van der Waals surface area contributed by atoms with E-state index < -0.39 is 5.97 Å². The van der Waals surface area contributed by atoms with E-state index in [4.69, 9.17) is 10.5 Å². The minimum absolute atomic E-state index is 0.00483. The summed E-state index contributed by atoms with van der Waals surface area (Å²) < 4.78 is 5.93. The van der Waals surface area contributed by atoms with Crippen LogP contribution >= 0.6 is 0 Å². The van der Waals surface area contributed by atoms with Crippen LogP contribution in [0.15, 0.2) is 18.2 Å². The molecule has 0 spiro atoms. The van der Waals surface area contributed by atoms with Gasteiger partial charge in [-0.2, -0.15) is 0 Å². The third kappa shape index (κ3) is 3.09. The number of anilines is 1. The first-order valence-corrected chi connectivity index (χ1v) is 8.22. The Bertz CT molecular complexity index is 850. The molecule has 0 radical (unpaired) electrons. The van der Waals surface area contributed by atoms with E-state index in [2.05, 4.69) is 4.98 Å². The molecule has 0 unspecified atom stereocenters. The van der Waals surface area contributed by atoms with Crippen molar-refractivity contribution in [1.82, 2.24) is 9.88 Å². The quantitative estimate of drug-likeness (QED) is 0.882. The molecule has 7 heteroatoms. The number of aromatic nitrogens is 1. The van der Waals surface area contributed by atoms with Crippen molar-refractivity contribution < 1.29 is 19.4 Å². The number of amides is 1. The van der Waals surface area contributed by atoms with Gasteiger partial charge in [-0.05, 0) is 31.9 Å². The molecule has 2 aromatic rings. The number of hydrogen-bond acceptors (Lipinski definition) is 5. The Hall–Kier alpha value is -2.83. The molecule has 3 rings (SSSR count). The molecule has 0 bridgehead atoms. The average molecular weight is 343 g/mol. The van der Waals surface area contributed by atoms with Gasteiger partial charge in [-0.25, -0.2) is 4.79 Å². The molecule has 0 saturated carbocycles. The van der Waals surface area contributed by atoms with Gasteiger partial charge in [0.1, 0.15) is 17.9 Å². The number of pyridine rings is 1. The number of likely N-dealkylation sites (tertiary alicyclic amines) is 1. The Morgan fingerprint density at radius 2 is 2.20 bits per heavy atom. The number of carboxylic acids is 1. The normalized spacial score (nSPS) is 17.0. The van der Waals surface area contributed by atoms with Crippen LogP contribution < -0.4 is 10.5 Å². The Labute approximate surface area is 145 Å². The monoisotopic (exact) mass is 343 g/mol. The van der Waals surface area contributed by atoms with Crippen molar-refractivity contribution in [3.05, 3.63) is 29.5 Å². The van der Waals surface area contributed by atoms with E-state index in [-0.39, 0.29) is 23.2 Å². The van der Waals surface area contributed by atoms with Crippen molar-refractivity contribution in [1.29, 1.82) is 0 Å². The highest BCUT2D eigenvalue weighted by molar-refractivity contribution is 6.06. The zero-order chi connectivity index (χ0) is 18.1. The van der Waals surface area contributed by atoms with Gasteiger partial charge in [0.25, 0.3) is 0 Å². The Morgan fingerprint density at radius 3 is 2.88 bits per heavy atom. The first-order valence-electron chi connectivity index (χ1n) is 8.22. The molecule has 7 nitrogen and oxygen atoms in total. The lowest BCUT2D eigenvalue weighted by atomic mass is 10.1. The molecule has 1 aromatic heterocycles. The molecule has 0 aliphatic carbocycles. The molecule has 1 amide bonds. The number of nitrogens with two attached hydrogens (primary N) is 1. The molecule has 132 valence electrons. The van der Waals surface area contributed by atoms with Gasteiger partial charge in [0.05, 0.1) is 28.3 Å². The third-order valence-electron chi connectivity index (χ3n) is 4.62. The fourth-order valence-corrected chi connectivity index (χ4v) is 3.44. The van der Waals surface area contributed by atoms with Gasteiger partial charge in [-0.1, -0.05) is 6.07 Å². The molecule has 1 aliphatic rings. The van der Waals surface area contributed by atoms with Crippen LogP contribution in [0, 0.1) is 6.92 Å². The molecular formula is C18H21N3O4. The topological polar surface area (TPSA) is 106 Å². The Morgan fingerprint density at radius 1 is 1.44 bits per heavy atom. The molecule has 1 fully saturated rings. The maximum Gasteiger partial charge on any atom is 0.339 e. The van der Waals surface area contributed by atoms with Gasteiger partial charge >= 0.3 is 5.97 Å². The summed E-state index contributed by atoms with van der Waals surface area (Å²) in [5.41, 5.74) is 7.22. The van der Waals surface area contributed by atoms with Crippen LogP contribution in [0.3, 0.4) is 0 Å². The summed E-state index contributed by atoms with van der Waals surface area (Å²) in [6.45, 7) is 4.26. The molecule has 3 N–H and O–H groups in total. The van der Waals surface area contributed by atoms with Crippen molar-refractivity contribution in [2.45, 2.75) is 32.7 Å². The molecule has 1 aliphatic heterocycles. The SMILES string of the molecule is CC(=O)N1CCC[C@@H]1COc1cccc2nc(C)c(C(=O)O)c(N)c12. The zero-order valence-electron chi connectivity index (χ0n) is 14.3. The predicted molar refractivity (Wildman–Crippen MR) is 93.8 cm³/mol. The highest BCUT2D eigenvalue weighted by Gasteiger charge is 2.27. The van der Waals surface area contributed by atoms with Crippen molar-refractivity contribution in [3.63, 3.8) is 0 Å². The highest BCUT2D eigenvalue weighted by Crippen LogP contribution is 2.34. The summed E-state index contributed by atoms with van der Waals surface area (Å²) in [6, 6.07) is 5.33. The largest absolute Gasteiger partial charge is 0.491 e. The second-order valence-electron chi connectivity index (χ2n) is 6.26. The number of fused-ring (bicyclic) bond motifs is 1. The van der Waals surface area contributed by atoms with Crippen LogP contribution in [0.1, 0.15) is 35.8 Å². The van der Waals surface area contributed by atoms with Gasteiger partial charge in [0.15, 0.2) is 0 Å². The number of aromatic carboxylic acids is 1. The minimum atomic E-state index is -1.11. The van der Waals surface area contributed by atoms with Crippen LogP contribution in [-0.2, 0) is 4.79 Å². The summed E-state index contributed by atoms with van der Waals surface area (Å²) in [5, 5.41) is 9.89. The smallest absolute Gasteiger partial charge is 0.339 e. The van der Waals surface area contributed by atoms with Gasteiger partial charge in [-0.3, -0.25) is 9.78 Å². The number of benzene rings is 1. The maximum absolute atomic E-state index is 11.7. The van der Waals surface area contributed by atoms with Gasteiger partial charge in [0.2, 0.25) is 5.91 Å². The fraction of sp³-hybridized carbons (Fsp3) is 0.389. The van der Waals surface area contributed by atoms with Crippen LogP contribution in [-0.4, -0.2) is 46.1 Å². The first-order chi connectivity index (χ1) is 11.9. The highest BCUT2D eigenvalue weighted by atomic mass is 16.5. The van der Waals surface area contributed by atoms with E-state index in [1.165, 1.54) is 0 Å². The van der Waals surface area contributed by atoms with E-state index in [1.807, 2.05) is 0 Å². The number of hydrogen-bond donors (Lipinski definition) is 2. The number of carbonyl (C=O) groups excluding carboxylic acids is 1. The van der Waals surface area contributed by atoms with E-state index in [9.17, 15) is 14.7 Å². The third-order valence-corrected chi connectivity index (χ3v) is 4.62. The summed E-state index contributed by atoms with van der Waals surface area (Å²) in [4.78, 5) is 29.3. The molecule has 25 heavy (non-hydrogen) atoms. The van der Waals surface area contributed by atoms with Crippen LogP contribution in [0.5, 0.6) is 5.75 Å². The summed E-state index contributed by atoms with van der Waals surface area (Å²) in [7, 11) is 0. The van der Waals surface area contributed by atoms with Crippen LogP contribution in [0.25, 0.3) is 10.9 Å². The molecular weight excluding hydrogens is 322 g/mol. The van der Waals surface area contributed by atoms with Gasteiger partial charge in [-0.15, -0.1) is 0 Å². The van der Waals surface area contributed by atoms with E-state index in [1.54, 1.807) is 36.9 Å². The summed E-state index contributed by atoms with van der Waals surface area (Å²) >= 11 is 0. The second-order valence-corrected chi connectivity index (χ2v) is 6.26. The van der Waals surface area contributed by atoms with Crippen molar-refractivity contribution in [2.24, 2.45) is 0 Å². The van der Waals surface area contributed by atoms with Crippen molar-refractivity contribution in [2.75, 3.05) is 18.9 Å². The molecule has 1 aromatic carbocycles. The first kappa shape index (κ1) is 17.0. The van der Waals surface area contributed by atoms with E-state index in [0.29, 0.717) is 29.0 Å². The number of carbonyl (C=O) groups is 2. The number of carboxylic acid groups (broad SMARTS) is 1. The number of nitrogen functional groups attached to an aromatic ring is 1. The number of nitrogens with zero attached hydrogens (tertiary/aromatic N) is 2. The van der Waals surface area contributed by atoms with E-state index >= 15 is 0 Å². The van der Waals surface area contributed by atoms with Crippen molar-refractivity contribution in [3.8, 4) is 5.75 Å². The summed E-state index contributed by atoms with van der Waals surface area (Å²) in [6.07, 6.45) is 1.84. The zero-order valence-corrected chi connectivity index (χ0v) is 14.3. The standard InChI is InChI=1S/C18H21N3O4/c1-10-15(18(23)24)17(19)16-13(20-10)6-3-7-14(16)25-9-12-5-4-8-21(12)11(2)22/h3,6-7,12H,4-5,8-9H2,1-2H3,(H2,19,20)(H,23,24)/t12-/m1/s1. The van der Waals surface area contributed by atoms with Gasteiger partial charge < -0.3 is 20.5 Å². The lowest BCUT2D eigenvalue weighted by molar-refractivity contribution is -0.130. The molecule has 2 heterocycles. The lowest BCUT2D eigenvalue weighted by Crippen LogP contribution is -2.37. The predicted octanol–water partition coefficient (Wildman–Crippen LogP) is 2.21. The maximum atomic E-state index is 11.7. The van der Waals surface area contributed by atoms with Crippen molar-refractivity contribution >= 4 is 28.5 Å². The minimum Gasteiger partial charge on any atom is -0.491 e. The Kier molecular flexibility index (Phi) is 4.48. The molecule has 1 atom stereocenters. The second kappa shape index (κ2) is 6.58. The van der Waals surface area contributed by atoms with Crippen LogP contribution in [0.2, 0.25) is 0 Å². The summed E-state index contributed by atoms with van der Waals surface area (Å²) in [5.74, 6) is -0.591. The fourth-order valence-electron chi connectivity index (χ4n) is 3.44. The van der Waals surface area contributed by atoms with E-state index in [0.717, 1.165) is 19.4 Å². The number of ether oxygens (including phenoxy) is 1. The average Bonchev–Trinajstić information content (AvgIpc) is 3.00. The van der Waals surface area contributed by atoms with Crippen LogP contribution in [0.4, 0.5) is 5.69 Å². The lowest BCUT2D eigenvalue weighted by Gasteiger charge is -2.24. The van der Waals surface area contributed by atoms with Gasteiger partial charge in [0, 0.05) is 13.5 Å². The number of aryl methyl sites for hydroxylation is 1. The molecule has 1 saturated heterocycles. The Balaban J connectivity index is 1.95. The number of rotatable bonds is 4.